The van der Waals surface area contributed by atoms with E-state index in [0.29, 0.717) is 24.3 Å². The van der Waals surface area contributed by atoms with Crippen molar-refractivity contribution < 1.29 is 19.0 Å². The van der Waals surface area contributed by atoms with Gasteiger partial charge >= 0.3 is 5.97 Å². The number of carbonyl (C=O) groups is 1. The van der Waals surface area contributed by atoms with Crippen LogP contribution in [0.2, 0.25) is 0 Å². The number of carboxylic acid groups (broad SMARTS) is 1. The van der Waals surface area contributed by atoms with E-state index in [9.17, 15) is 14.3 Å². The van der Waals surface area contributed by atoms with Gasteiger partial charge in [-0.2, -0.15) is 0 Å². The number of hydrogen-bond acceptors (Lipinski definition) is 5. The molecule has 0 spiro atoms. The molecule has 7 heteroatoms. The fourth-order valence-corrected chi connectivity index (χ4v) is 4.66. The van der Waals surface area contributed by atoms with Gasteiger partial charge in [-0.1, -0.05) is 26.0 Å². The Hall–Kier alpha value is -3.48. The van der Waals surface area contributed by atoms with Crippen LogP contribution in [-0.2, 0) is 17.6 Å². The van der Waals surface area contributed by atoms with Gasteiger partial charge in [-0.15, -0.1) is 0 Å². The van der Waals surface area contributed by atoms with Crippen molar-refractivity contribution in [3.8, 4) is 17.0 Å². The maximum Gasteiger partial charge on any atom is 0.307 e. The van der Waals surface area contributed by atoms with Crippen LogP contribution in [0, 0.1) is 25.1 Å². The molecule has 1 aliphatic rings. The summed E-state index contributed by atoms with van der Waals surface area (Å²) in [7, 11) is 0. The summed E-state index contributed by atoms with van der Waals surface area (Å²) >= 11 is 0. The number of rotatable bonds is 8. The molecule has 36 heavy (non-hydrogen) atoms. The van der Waals surface area contributed by atoms with E-state index < -0.39 is 5.97 Å². The zero-order valence-electron chi connectivity index (χ0n) is 21.5. The van der Waals surface area contributed by atoms with E-state index in [0.717, 1.165) is 59.7 Å². The van der Waals surface area contributed by atoms with E-state index in [1.54, 1.807) is 25.4 Å². The fraction of sp³-hybridized carbons (Fsp3) is 0.414. The van der Waals surface area contributed by atoms with Crippen LogP contribution < -0.4 is 9.64 Å². The summed E-state index contributed by atoms with van der Waals surface area (Å²) in [5, 5.41) is 9.59. The summed E-state index contributed by atoms with van der Waals surface area (Å²) < 4.78 is 19.4. The van der Waals surface area contributed by atoms with Crippen LogP contribution in [0.5, 0.6) is 5.75 Å². The average molecular weight is 492 g/mol. The molecule has 1 aromatic carbocycles. The molecule has 0 bridgehead atoms. The molecular weight excluding hydrogens is 457 g/mol. The van der Waals surface area contributed by atoms with Gasteiger partial charge in [0.2, 0.25) is 0 Å². The number of carboxylic acids is 1. The Kier molecular flexibility index (Phi) is 7.57. The number of aromatic nitrogens is 2. The Morgan fingerprint density at radius 2 is 1.86 bits per heavy atom. The minimum Gasteiger partial charge on any atom is -0.492 e. The number of aryl methyl sites for hydroxylation is 2. The average Bonchev–Trinajstić information content (AvgIpc) is 2.83. The van der Waals surface area contributed by atoms with Gasteiger partial charge in [0.15, 0.2) is 0 Å². The van der Waals surface area contributed by atoms with Gasteiger partial charge in [-0.3, -0.25) is 14.8 Å². The van der Waals surface area contributed by atoms with Gasteiger partial charge in [0.25, 0.3) is 0 Å². The molecule has 3 aromatic rings. The number of hydrogen-bond donors (Lipinski definition) is 1. The van der Waals surface area contributed by atoms with E-state index >= 15 is 0 Å². The van der Waals surface area contributed by atoms with Crippen molar-refractivity contribution in [1.29, 1.82) is 0 Å². The van der Waals surface area contributed by atoms with Gasteiger partial charge in [0.1, 0.15) is 11.6 Å². The molecule has 0 atom stereocenters. The normalized spacial score (nSPS) is 15.1. The maximum atomic E-state index is 13.5. The van der Waals surface area contributed by atoms with Crippen LogP contribution in [0.4, 0.5) is 10.1 Å². The molecule has 6 nitrogen and oxygen atoms in total. The van der Waals surface area contributed by atoms with E-state index in [-0.39, 0.29) is 17.7 Å². The summed E-state index contributed by atoms with van der Waals surface area (Å²) in [6.07, 6.45) is 6.15. The number of nitrogens with zero attached hydrogens (tertiary/aromatic N) is 3. The van der Waals surface area contributed by atoms with Gasteiger partial charge in [-0.25, -0.2) is 4.39 Å². The van der Waals surface area contributed by atoms with Crippen molar-refractivity contribution in [2.24, 2.45) is 5.41 Å². The van der Waals surface area contributed by atoms with E-state index in [4.69, 9.17) is 4.74 Å². The Labute approximate surface area is 212 Å². The standard InChI is InChI=1S/C29H34FN3O3/c1-19-15-21(5-7-25(19)30)9-14-36-22-6-8-26(32-17-22)24-18-31-20(2)23(16-27(34)35)28(24)33-12-10-29(3,4)11-13-33/h5-8,15,17-18H,9-14,16H2,1-4H3,(H,34,35). The highest BCUT2D eigenvalue weighted by atomic mass is 19.1. The number of pyridine rings is 2. The highest BCUT2D eigenvalue weighted by molar-refractivity contribution is 5.83. The fourth-order valence-electron chi connectivity index (χ4n) is 4.66. The first-order valence-corrected chi connectivity index (χ1v) is 12.4. The zero-order chi connectivity index (χ0) is 25.9. The molecule has 1 N–H and O–H groups in total. The smallest absolute Gasteiger partial charge is 0.307 e. The number of aliphatic carboxylic acids is 1. The molecule has 0 unspecified atom stereocenters. The maximum absolute atomic E-state index is 13.5. The van der Waals surface area contributed by atoms with Crippen LogP contribution in [0.15, 0.2) is 42.7 Å². The number of piperidine rings is 1. The van der Waals surface area contributed by atoms with Gasteiger partial charge in [-0.05, 0) is 61.4 Å². The SMILES string of the molecule is Cc1cc(CCOc2ccc(-c3cnc(C)c(CC(=O)O)c3N3CCC(C)(C)CC3)nc2)ccc1F. The summed E-state index contributed by atoms with van der Waals surface area (Å²) in [5.41, 5.74) is 5.89. The van der Waals surface area contributed by atoms with Crippen LogP contribution in [0.25, 0.3) is 11.3 Å². The van der Waals surface area contributed by atoms with Gasteiger partial charge in [0, 0.05) is 42.5 Å². The third kappa shape index (κ3) is 6.01. The van der Waals surface area contributed by atoms with Crippen molar-refractivity contribution >= 4 is 11.7 Å². The summed E-state index contributed by atoms with van der Waals surface area (Å²) in [5.74, 6) is -0.433. The predicted molar refractivity (Wildman–Crippen MR) is 139 cm³/mol. The topological polar surface area (TPSA) is 75.6 Å². The quantitative estimate of drug-likeness (QED) is 0.431. The number of benzene rings is 1. The number of anilines is 1. The molecule has 2 aromatic heterocycles. The van der Waals surface area contributed by atoms with Crippen molar-refractivity contribution in [3.05, 3.63) is 70.9 Å². The predicted octanol–water partition coefficient (Wildman–Crippen LogP) is 5.77. The minimum absolute atomic E-state index is 0.0774. The zero-order valence-corrected chi connectivity index (χ0v) is 21.5. The lowest BCUT2D eigenvalue weighted by Crippen LogP contribution is -2.38. The van der Waals surface area contributed by atoms with Crippen molar-refractivity contribution in [3.63, 3.8) is 0 Å². The Morgan fingerprint density at radius 1 is 1.11 bits per heavy atom. The second-order valence-corrected chi connectivity index (χ2v) is 10.4. The highest BCUT2D eigenvalue weighted by Crippen LogP contribution is 2.39. The molecule has 4 rings (SSSR count). The molecule has 190 valence electrons. The first-order valence-electron chi connectivity index (χ1n) is 12.4. The third-order valence-corrected chi connectivity index (χ3v) is 7.02. The van der Waals surface area contributed by atoms with Crippen molar-refractivity contribution in [2.75, 3.05) is 24.6 Å². The molecular formula is C29H34FN3O3. The van der Waals surface area contributed by atoms with E-state index in [1.165, 1.54) is 6.07 Å². The molecule has 0 saturated carbocycles. The highest BCUT2D eigenvalue weighted by Gasteiger charge is 2.29. The van der Waals surface area contributed by atoms with Crippen LogP contribution in [-0.4, -0.2) is 40.7 Å². The second kappa shape index (κ2) is 10.6. The van der Waals surface area contributed by atoms with E-state index in [1.807, 2.05) is 25.1 Å². The summed E-state index contributed by atoms with van der Waals surface area (Å²) in [4.78, 5) is 23.2. The molecule has 0 radical (unpaired) electrons. The molecule has 0 amide bonds. The lowest BCUT2D eigenvalue weighted by Gasteiger charge is -2.40. The largest absolute Gasteiger partial charge is 0.492 e. The summed E-state index contributed by atoms with van der Waals surface area (Å²) in [6.45, 7) is 10.4. The van der Waals surface area contributed by atoms with Gasteiger partial charge in [0.05, 0.1) is 30.6 Å². The Balaban J connectivity index is 1.55. The van der Waals surface area contributed by atoms with Crippen LogP contribution >= 0.6 is 0 Å². The van der Waals surface area contributed by atoms with E-state index in [2.05, 4.69) is 28.7 Å². The number of halogens is 1. The first kappa shape index (κ1) is 25.6. The Morgan fingerprint density at radius 3 is 2.50 bits per heavy atom. The molecule has 0 aliphatic carbocycles. The second-order valence-electron chi connectivity index (χ2n) is 10.4. The lowest BCUT2D eigenvalue weighted by molar-refractivity contribution is -0.136. The van der Waals surface area contributed by atoms with Crippen molar-refractivity contribution in [2.45, 2.75) is 53.4 Å². The van der Waals surface area contributed by atoms with Crippen LogP contribution in [0.3, 0.4) is 0 Å². The Bertz CT molecular complexity index is 1230. The van der Waals surface area contributed by atoms with Gasteiger partial charge < -0.3 is 14.7 Å². The molecule has 1 aliphatic heterocycles. The monoisotopic (exact) mass is 491 g/mol. The summed E-state index contributed by atoms with van der Waals surface area (Å²) in [6, 6.07) is 8.86. The molecule has 3 heterocycles. The third-order valence-electron chi connectivity index (χ3n) is 7.02. The number of ether oxygens (including phenoxy) is 1. The molecule has 1 fully saturated rings. The minimum atomic E-state index is -0.872. The van der Waals surface area contributed by atoms with Crippen LogP contribution in [0.1, 0.15) is 49.1 Å². The first-order chi connectivity index (χ1) is 17.1. The lowest BCUT2D eigenvalue weighted by atomic mass is 9.82. The van der Waals surface area contributed by atoms with Crippen molar-refractivity contribution in [1.82, 2.24) is 9.97 Å². The molecule has 1 saturated heterocycles.